The highest BCUT2D eigenvalue weighted by Crippen LogP contribution is 2.48. The van der Waals surface area contributed by atoms with Crippen LogP contribution in [0.2, 0.25) is 0 Å². The predicted octanol–water partition coefficient (Wildman–Crippen LogP) is 5.73. The average molecular weight is 460 g/mol. The summed E-state index contributed by atoms with van der Waals surface area (Å²) in [5, 5.41) is 1.18. The van der Waals surface area contributed by atoms with Crippen LogP contribution in [0.5, 0.6) is 0 Å². The Labute approximate surface area is 194 Å². The Morgan fingerprint density at radius 1 is 0.938 bits per heavy atom. The largest absolute Gasteiger partial charge is 0.287 e. The van der Waals surface area contributed by atoms with Crippen molar-refractivity contribution in [2.24, 2.45) is 0 Å². The van der Waals surface area contributed by atoms with E-state index in [1.54, 1.807) is 27.3 Å². The van der Waals surface area contributed by atoms with Gasteiger partial charge < -0.3 is 0 Å². The summed E-state index contributed by atoms with van der Waals surface area (Å²) in [4.78, 5) is 35.1. The van der Waals surface area contributed by atoms with Crippen molar-refractivity contribution >= 4 is 51.7 Å². The molecule has 0 fully saturated rings. The number of benzene rings is 3. The van der Waals surface area contributed by atoms with Gasteiger partial charge >= 0.3 is 0 Å². The lowest BCUT2D eigenvalue weighted by atomic mass is 10.2. The summed E-state index contributed by atoms with van der Waals surface area (Å²) >= 11 is 2.99. The number of hydrogen-bond acceptors (Lipinski definition) is 5. The Morgan fingerprint density at radius 3 is 2.25 bits per heavy atom. The lowest BCUT2D eigenvalue weighted by molar-refractivity contribution is -0.115. The van der Waals surface area contributed by atoms with E-state index in [1.165, 1.54) is 11.8 Å². The summed E-state index contributed by atoms with van der Waals surface area (Å²) in [6.45, 7) is 2.60. The molecule has 0 atom stereocenters. The summed E-state index contributed by atoms with van der Waals surface area (Å²) in [5.41, 5.74) is 2.38. The number of thioether (sulfide) groups is 1. The van der Waals surface area contributed by atoms with Crippen molar-refractivity contribution in [3.8, 4) is 0 Å². The maximum Gasteiger partial charge on any atom is 0.262 e. The van der Waals surface area contributed by atoms with Gasteiger partial charge in [0, 0.05) is 16.3 Å². The molecule has 0 spiro atoms. The highest BCUT2D eigenvalue weighted by atomic mass is 32.2. The van der Waals surface area contributed by atoms with Crippen LogP contribution >= 0.6 is 23.5 Å². The van der Waals surface area contributed by atoms with E-state index in [0.717, 1.165) is 27.6 Å². The number of carbonyl (C=O) groups excluding carboxylic acids is 1. The van der Waals surface area contributed by atoms with Gasteiger partial charge in [-0.15, -0.1) is 0 Å². The van der Waals surface area contributed by atoms with Gasteiger partial charge in [-0.3, -0.25) is 19.1 Å². The maximum atomic E-state index is 13.5. The predicted molar refractivity (Wildman–Crippen MR) is 131 cm³/mol. The Hall–Kier alpha value is -3.03. The van der Waals surface area contributed by atoms with Crippen LogP contribution in [0, 0.1) is 0 Å². The third-order valence-electron chi connectivity index (χ3n) is 5.28. The first-order chi connectivity index (χ1) is 15.7. The fourth-order valence-corrected chi connectivity index (χ4v) is 5.78. The van der Waals surface area contributed by atoms with E-state index < -0.39 is 0 Å². The molecule has 7 heteroatoms. The second-order valence-corrected chi connectivity index (χ2v) is 9.45. The number of nitrogens with zero attached hydrogens (tertiary/aromatic N) is 3. The van der Waals surface area contributed by atoms with E-state index >= 15 is 0 Å². The number of anilines is 2. The van der Waals surface area contributed by atoms with Gasteiger partial charge in [-0.05, 0) is 42.8 Å². The molecule has 5 rings (SSSR count). The number of rotatable bonds is 5. The SMILES string of the molecule is CCCn1c(SCC(=O)N2c3ccccc3Sc3ccccc32)nc2ccccc2c1=O. The molecule has 0 unspecified atom stereocenters. The number of amides is 1. The third kappa shape index (κ3) is 3.72. The van der Waals surface area contributed by atoms with Crippen LogP contribution in [0.1, 0.15) is 13.3 Å². The molecule has 32 heavy (non-hydrogen) atoms. The van der Waals surface area contributed by atoms with Gasteiger partial charge in [-0.1, -0.05) is 66.8 Å². The van der Waals surface area contributed by atoms with Crippen LogP contribution in [0.3, 0.4) is 0 Å². The monoisotopic (exact) mass is 459 g/mol. The lowest BCUT2D eigenvalue weighted by Gasteiger charge is -2.31. The minimum atomic E-state index is -0.0579. The molecule has 0 saturated heterocycles. The summed E-state index contributed by atoms with van der Waals surface area (Å²) in [6, 6.07) is 23.3. The van der Waals surface area contributed by atoms with E-state index in [-0.39, 0.29) is 17.2 Å². The van der Waals surface area contributed by atoms with E-state index in [4.69, 9.17) is 4.98 Å². The Kier molecular flexibility index (Phi) is 5.76. The molecule has 1 aliphatic heterocycles. The quantitative estimate of drug-likeness (QED) is 0.282. The standard InChI is InChI=1S/C25H21N3O2S2/c1-2-15-27-24(30)17-9-3-4-10-18(17)26-25(27)31-16-23(29)28-19-11-5-7-13-21(19)32-22-14-8-6-12-20(22)28/h3-14H,2,15-16H2,1H3. The topological polar surface area (TPSA) is 55.2 Å². The molecular formula is C25H21N3O2S2. The number of para-hydroxylation sites is 3. The normalized spacial score (nSPS) is 12.5. The van der Waals surface area contributed by atoms with Crippen molar-refractivity contribution in [1.82, 2.24) is 9.55 Å². The minimum absolute atomic E-state index is 0.0411. The average Bonchev–Trinajstić information content (AvgIpc) is 2.83. The van der Waals surface area contributed by atoms with Crippen LogP contribution < -0.4 is 10.5 Å². The first-order valence-electron chi connectivity index (χ1n) is 10.5. The van der Waals surface area contributed by atoms with Crippen LogP contribution in [-0.2, 0) is 11.3 Å². The van der Waals surface area contributed by atoms with Crippen LogP contribution in [0.25, 0.3) is 10.9 Å². The zero-order chi connectivity index (χ0) is 22.1. The molecule has 3 aromatic carbocycles. The molecule has 160 valence electrons. The summed E-state index contributed by atoms with van der Waals surface area (Å²) < 4.78 is 1.69. The van der Waals surface area contributed by atoms with E-state index in [0.29, 0.717) is 22.6 Å². The molecule has 4 aromatic rings. The molecule has 0 saturated carbocycles. The van der Waals surface area contributed by atoms with E-state index in [2.05, 4.69) is 0 Å². The van der Waals surface area contributed by atoms with Gasteiger partial charge in [0.05, 0.1) is 28.0 Å². The van der Waals surface area contributed by atoms with Crippen LogP contribution in [0.15, 0.2) is 92.5 Å². The third-order valence-corrected chi connectivity index (χ3v) is 7.37. The van der Waals surface area contributed by atoms with Crippen LogP contribution in [0.4, 0.5) is 11.4 Å². The molecule has 0 aliphatic carbocycles. The second-order valence-electron chi connectivity index (χ2n) is 7.42. The molecule has 2 heterocycles. The number of hydrogen-bond donors (Lipinski definition) is 0. The van der Waals surface area contributed by atoms with Gasteiger partial charge in [0.2, 0.25) is 5.91 Å². The molecule has 1 amide bonds. The molecule has 0 radical (unpaired) electrons. The Morgan fingerprint density at radius 2 is 1.56 bits per heavy atom. The smallest absolute Gasteiger partial charge is 0.262 e. The summed E-state index contributed by atoms with van der Waals surface area (Å²) in [5.74, 6) is 0.141. The lowest BCUT2D eigenvalue weighted by Crippen LogP contribution is -2.30. The van der Waals surface area contributed by atoms with Crippen molar-refractivity contribution in [2.75, 3.05) is 10.7 Å². The fourth-order valence-electron chi connectivity index (χ4n) is 3.84. The fraction of sp³-hybridized carbons (Fsp3) is 0.160. The maximum absolute atomic E-state index is 13.5. The van der Waals surface area contributed by atoms with E-state index in [9.17, 15) is 9.59 Å². The highest BCUT2D eigenvalue weighted by Gasteiger charge is 2.28. The Balaban J connectivity index is 1.49. The zero-order valence-electron chi connectivity index (χ0n) is 17.5. The first-order valence-corrected chi connectivity index (χ1v) is 12.3. The van der Waals surface area contributed by atoms with Crippen molar-refractivity contribution in [3.05, 3.63) is 83.2 Å². The molecule has 0 N–H and O–H groups in total. The molecule has 5 nitrogen and oxygen atoms in total. The highest BCUT2D eigenvalue weighted by molar-refractivity contribution is 8.00. The van der Waals surface area contributed by atoms with Crippen molar-refractivity contribution in [1.29, 1.82) is 0 Å². The number of fused-ring (bicyclic) bond motifs is 3. The molecular weight excluding hydrogens is 438 g/mol. The zero-order valence-corrected chi connectivity index (χ0v) is 19.2. The number of carbonyl (C=O) groups is 1. The van der Waals surface area contributed by atoms with Crippen molar-refractivity contribution < 1.29 is 4.79 Å². The van der Waals surface area contributed by atoms with Crippen molar-refractivity contribution in [2.45, 2.75) is 34.8 Å². The van der Waals surface area contributed by atoms with Gasteiger partial charge in [0.15, 0.2) is 5.16 Å². The summed E-state index contributed by atoms with van der Waals surface area (Å²) in [6.07, 6.45) is 0.811. The molecule has 0 bridgehead atoms. The minimum Gasteiger partial charge on any atom is -0.287 e. The molecule has 1 aliphatic rings. The number of aromatic nitrogens is 2. The second kappa shape index (κ2) is 8.84. The van der Waals surface area contributed by atoms with E-state index in [1.807, 2.05) is 73.7 Å². The van der Waals surface area contributed by atoms with Crippen molar-refractivity contribution in [3.63, 3.8) is 0 Å². The van der Waals surface area contributed by atoms with Gasteiger partial charge in [-0.25, -0.2) is 4.98 Å². The Bertz CT molecular complexity index is 1340. The van der Waals surface area contributed by atoms with Gasteiger partial charge in [0.25, 0.3) is 5.56 Å². The van der Waals surface area contributed by atoms with Crippen LogP contribution in [-0.4, -0.2) is 21.2 Å². The van der Waals surface area contributed by atoms with Gasteiger partial charge in [0.1, 0.15) is 0 Å². The molecule has 1 aromatic heterocycles. The van der Waals surface area contributed by atoms with Gasteiger partial charge in [-0.2, -0.15) is 0 Å². The first kappa shape index (κ1) is 20.8. The summed E-state index contributed by atoms with van der Waals surface area (Å²) in [7, 11) is 0.